The van der Waals surface area contributed by atoms with Gasteiger partial charge in [0, 0.05) is 13.5 Å². The van der Waals surface area contributed by atoms with Crippen LogP contribution in [0.1, 0.15) is 25.3 Å². The number of methoxy groups -OCH3 is 1. The van der Waals surface area contributed by atoms with Crippen LogP contribution in [-0.2, 0) is 9.47 Å². The number of hydrogen-bond donors (Lipinski definition) is 1. The summed E-state index contributed by atoms with van der Waals surface area (Å²) in [5.74, 6) is -11.4. The second-order valence-electron chi connectivity index (χ2n) is 5.12. The summed E-state index contributed by atoms with van der Waals surface area (Å²) in [4.78, 5) is 3.84. The second-order valence-corrected chi connectivity index (χ2v) is 5.12. The Hall–Kier alpha value is -1.74. The fourth-order valence-corrected chi connectivity index (χ4v) is 2.20. The standard InChI is InChI=1S/C14H14F5NO3/c1-5(22-2)3-6-4-7(21)23-14(20-6)8-9(15)11(17)13(19)12(18)10(8)16/h5-7,21H,3-4H2,1-2H3. The lowest BCUT2D eigenvalue weighted by atomic mass is 10.0. The summed E-state index contributed by atoms with van der Waals surface area (Å²) in [7, 11) is 1.44. The van der Waals surface area contributed by atoms with Gasteiger partial charge in [-0.15, -0.1) is 0 Å². The van der Waals surface area contributed by atoms with E-state index < -0.39 is 52.9 Å². The first-order chi connectivity index (χ1) is 10.8. The van der Waals surface area contributed by atoms with Crippen molar-refractivity contribution in [3.05, 3.63) is 34.6 Å². The molecule has 9 heteroatoms. The van der Waals surface area contributed by atoms with Crippen LogP contribution in [0.5, 0.6) is 0 Å². The zero-order valence-electron chi connectivity index (χ0n) is 12.2. The molecule has 0 bridgehead atoms. The molecule has 0 aliphatic carbocycles. The van der Waals surface area contributed by atoms with Crippen molar-refractivity contribution in [3.63, 3.8) is 0 Å². The van der Waals surface area contributed by atoms with Crippen molar-refractivity contribution < 1.29 is 36.5 Å². The van der Waals surface area contributed by atoms with Gasteiger partial charge >= 0.3 is 0 Å². The first-order valence-electron chi connectivity index (χ1n) is 6.73. The van der Waals surface area contributed by atoms with Crippen molar-refractivity contribution in [1.29, 1.82) is 0 Å². The monoisotopic (exact) mass is 339 g/mol. The highest BCUT2D eigenvalue weighted by molar-refractivity contribution is 5.95. The molecule has 1 heterocycles. The zero-order valence-corrected chi connectivity index (χ0v) is 12.2. The number of ether oxygens (including phenoxy) is 2. The van der Waals surface area contributed by atoms with Gasteiger partial charge in [-0.25, -0.2) is 26.9 Å². The Bertz CT molecular complexity index is 608. The number of aliphatic hydroxyl groups is 1. The van der Waals surface area contributed by atoms with Gasteiger partial charge in [0.2, 0.25) is 18.0 Å². The minimum atomic E-state index is -2.27. The minimum absolute atomic E-state index is 0.00654. The molecule has 0 fully saturated rings. The maximum absolute atomic E-state index is 13.8. The molecule has 1 aliphatic heterocycles. The first kappa shape index (κ1) is 17.6. The predicted molar refractivity (Wildman–Crippen MR) is 69.4 cm³/mol. The normalized spacial score (nSPS) is 22.5. The number of hydrogen-bond acceptors (Lipinski definition) is 4. The summed E-state index contributed by atoms with van der Waals surface area (Å²) in [6.07, 6.45) is -1.49. The van der Waals surface area contributed by atoms with Crippen LogP contribution >= 0.6 is 0 Å². The summed E-state index contributed by atoms with van der Waals surface area (Å²) in [5, 5.41) is 9.62. The van der Waals surface area contributed by atoms with Crippen molar-refractivity contribution in [1.82, 2.24) is 0 Å². The van der Waals surface area contributed by atoms with Gasteiger partial charge in [0.1, 0.15) is 5.56 Å². The lowest BCUT2D eigenvalue weighted by Crippen LogP contribution is -2.33. The lowest BCUT2D eigenvalue weighted by Gasteiger charge is -2.27. The summed E-state index contributed by atoms with van der Waals surface area (Å²) < 4.78 is 76.9. The van der Waals surface area contributed by atoms with Crippen LogP contribution in [0, 0.1) is 29.1 Å². The summed E-state index contributed by atoms with van der Waals surface area (Å²) in [6, 6.07) is -0.654. The highest BCUT2D eigenvalue weighted by Gasteiger charge is 2.33. The van der Waals surface area contributed by atoms with Gasteiger partial charge in [0.15, 0.2) is 23.3 Å². The zero-order chi connectivity index (χ0) is 17.3. The van der Waals surface area contributed by atoms with Crippen LogP contribution in [0.15, 0.2) is 4.99 Å². The van der Waals surface area contributed by atoms with Gasteiger partial charge in [-0.05, 0) is 13.3 Å². The average molecular weight is 339 g/mol. The molecule has 0 spiro atoms. The van der Waals surface area contributed by atoms with Gasteiger partial charge in [0.05, 0.1) is 12.1 Å². The van der Waals surface area contributed by atoms with Gasteiger partial charge in [-0.2, -0.15) is 0 Å². The quantitative estimate of drug-likeness (QED) is 0.521. The SMILES string of the molecule is COC(C)CC1CC(O)OC(c2c(F)c(F)c(F)c(F)c2F)=N1. The molecule has 1 aromatic rings. The molecule has 0 saturated carbocycles. The third-order valence-corrected chi connectivity index (χ3v) is 3.45. The van der Waals surface area contributed by atoms with Gasteiger partial charge in [-0.3, -0.25) is 0 Å². The van der Waals surface area contributed by atoms with Crippen LogP contribution in [0.25, 0.3) is 0 Å². The molecule has 3 atom stereocenters. The molecule has 0 radical (unpaired) electrons. The molecule has 0 saturated heterocycles. The van der Waals surface area contributed by atoms with Crippen molar-refractivity contribution in [2.45, 2.75) is 38.2 Å². The number of halogens is 5. The molecule has 2 rings (SSSR count). The molecular weight excluding hydrogens is 325 g/mol. The molecule has 23 heavy (non-hydrogen) atoms. The smallest absolute Gasteiger partial charge is 0.225 e. The summed E-state index contributed by atoms with van der Waals surface area (Å²) >= 11 is 0. The maximum atomic E-state index is 13.8. The lowest BCUT2D eigenvalue weighted by molar-refractivity contribution is -0.0501. The number of rotatable bonds is 4. The van der Waals surface area contributed by atoms with Crippen molar-refractivity contribution in [2.24, 2.45) is 4.99 Å². The van der Waals surface area contributed by atoms with E-state index in [0.717, 1.165) is 0 Å². The van der Waals surface area contributed by atoms with E-state index in [0.29, 0.717) is 0 Å². The highest BCUT2D eigenvalue weighted by Crippen LogP contribution is 2.27. The van der Waals surface area contributed by atoms with Crippen molar-refractivity contribution in [2.75, 3.05) is 7.11 Å². The van der Waals surface area contributed by atoms with E-state index in [-0.39, 0.29) is 18.9 Å². The Morgan fingerprint density at radius 2 is 1.65 bits per heavy atom. The van der Waals surface area contributed by atoms with E-state index in [1.165, 1.54) is 7.11 Å². The van der Waals surface area contributed by atoms with Crippen molar-refractivity contribution in [3.8, 4) is 0 Å². The molecule has 1 N–H and O–H groups in total. The summed E-state index contributed by atoms with van der Waals surface area (Å²) in [6.45, 7) is 1.70. The van der Waals surface area contributed by atoms with Gasteiger partial charge in [0.25, 0.3) is 0 Å². The number of benzene rings is 1. The molecule has 0 amide bonds. The maximum Gasteiger partial charge on any atom is 0.225 e. The van der Waals surface area contributed by atoms with E-state index in [1.54, 1.807) is 6.92 Å². The van der Waals surface area contributed by atoms with E-state index in [1.807, 2.05) is 0 Å². The fourth-order valence-electron chi connectivity index (χ4n) is 2.20. The largest absolute Gasteiger partial charge is 0.448 e. The van der Waals surface area contributed by atoms with Gasteiger partial charge in [-0.1, -0.05) is 0 Å². The van der Waals surface area contributed by atoms with E-state index in [4.69, 9.17) is 9.47 Å². The third kappa shape index (κ3) is 3.45. The van der Waals surface area contributed by atoms with Crippen LogP contribution in [0.3, 0.4) is 0 Å². The molecule has 3 unspecified atom stereocenters. The number of nitrogens with zero attached hydrogens (tertiary/aromatic N) is 1. The Morgan fingerprint density at radius 1 is 1.13 bits per heavy atom. The number of aliphatic hydroxyl groups excluding tert-OH is 1. The van der Waals surface area contributed by atoms with Crippen LogP contribution in [0.4, 0.5) is 22.0 Å². The molecule has 128 valence electrons. The van der Waals surface area contributed by atoms with Gasteiger partial charge < -0.3 is 14.6 Å². The molecule has 4 nitrogen and oxygen atoms in total. The van der Waals surface area contributed by atoms with Crippen LogP contribution in [0.2, 0.25) is 0 Å². The second kappa shape index (κ2) is 6.79. The Kier molecular flexibility index (Phi) is 5.20. The Labute approximate surface area is 128 Å². The topological polar surface area (TPSA) is 51.0 Å². The third-order valence-electron chi connectivity index (χ3n) is 3.45. The minimum Gasteiger partial charge on any atom is -0.448 e. The number of aliphatic imine (C=N–C) groups is 1. The molecule has 1 aromatic carbocycles. The average Bonchev–Trinajstić information content (AvgIpc) is 2.50. The fraction of sp³-hybridized carbons (Fsp3) is 0.500. The van der Waals surface area contributed by atoms with E-state index >= 15 is 0 Å². The predicted octanol–water partition coefficient (Wildman–Crippen LogP) is 2.66. The van der Waals surface area contributed by atoms with Crippen LogP contribution in [-0.4, -0.2) is 36.5 Å². The van der Waals surface area contributed by atoms with Crippen molar-refractivity contribution >= 4 is 5.90 Å². The molecule has 1 aliphatic rings. The highest BCUT2D eigenvalue weighted by atomic mass is 19.2. The molecular formula is C14H14F5NO3. The molecule has 0 aromatic heterocycles. The Balaban J connectivity index is 2.48. The first-order valence-corrected chi connectivity index (χ1v) is 6.73. The van der Waals surface area contributed by atoms with E-state index in [9.17, 15) is 27.1 Å². The van der Waals surface area contributed by atoms with Crippen LogP contribution < -0.4 is 0 Å². The Morgan fingerprint density at radius 3 is 2.17 bits per heavy atom. The van der Waals surface area contributed by atoms with E-state index in [2.05, 4.69) is 4.99 Å². The summed E-state index contributed by atoms with van der Waals surface area (Å²) in [5.41, 5.74) is -1.30.